The van der Waals surface area contributed by atoms with Crippen LogP contribution in [0.5, 0.6) is 0 Å². The molecule has 2 nitrogen and oxygen atoms in total. The number of allylic oxidation sites excluding steroid dienone is 2. The van der Waals surface area contributed by atoms with Gasteiger partial charge in [0.1, 0.15) is 0 Å². The van der Waals surface area contributed by atoms with Crippen molar-refractivity contribution >= 4 is 0 Å². The summed E-state index contributed by atoms with van der Waals surface area (Å²) in [6.45, 7) is 4.09. The zero-order valence-corrected chi connectivity index (χ0v) is 5.81. The minimum Gasteiger partial charge on any atom is -0.400 e. The maximum absolute atomic E-state index is 5.66. The number of nitrogens with one attached hydrogen (secondary N) is 1. The Labute approximate surface area is 55.4 Å². The molecule has 0 radical (unpaired) electrons. The summed E-state index contributed by atoms with van der Waals surface area (Å²) in [6.07, 6.45) is 5.72. The number of rotatable bonds is 0. The molecule has 1 aliphatic rings. The van der Waals surface area contributed by atoms with E-state index < -0.39 is 0 Å². The van der Waals surface area contributed by atoms with Crippen LogP contribution in [0.3, 0.4) is 0 Å². The molecule has 0 spiro atoms. The normalized spacial score (nSPS) is 22.7. The molecule has 1 rings (SSSR count). The minimum atomic E-state index is -0.0608. The van der Waals surface area contributed by atoms with Crippen LogP contribution in [0.25, 0.3) is 0 Å². The molecule has 3 N–H and O–H groups in total. The predicted molar refractivity (Wildman–Crippen MR) is 38.6 cm³/mol. The maximum Gasteiger partial charge on any atom is 0.0706 e. The fourth-order valence-corrected chi connectivity index (χ4v) is 0.700. The standard InChI is InChI=1S/C7H12N2/c1-7(2)6(8)4-3-5-9-7/h3-5,9H,8H2,1-2H3. The topological polar surface area (TPSA) is 38.0 Å². The van der Waals surface area contributed by atoms with Crippen LogP contribution in [0.2, 0.25) is 0 Å². The van der Waals surface area contributed by atoms with Gasteiger partial charge in [-0.2, -0.15) is 0 Å². The van der Waals surface area contributed by atoms with Crippen molar-refractivity contribution in [2.45, 2.75) is 19.4 Å². The Morgan fingerprint density at radius 1 is 1.56 bits per heavy atom. The Morgan fingerprint density at radius 2 is 2.22 bits per heavy atom. The van der Waals surface area contributed by atoms with Crippen LogP contribution >= 0.6 is 0 Å². The molecule has 0 aromatic carbocycles. The first-order valence-electron chi connectivity index (χ1n) is 3.03. The number of nitrogens with two attached hydrogens (primary N) is 1. The number of dihydropyridines is 1. The monoisotopic (exact) mass is 124 g/mol. The summed E-state index contributed by atoms with van der Waals surface area (Å²) < 4.78 is 0. The number of hydrogen-bond acceptors (Lipinski definition) is 2. The molecule has 0 atom stereocenters. The van der Waals surface area contributed by atoms with Crippen molar-refractivity contribution < 1.29 is 0 Å². The van der Waals surface area contributed by atoms with Crippen molar-refractivity contribution in [2.75, 3.05) is 0 Å². The van der Waals surface area contributed by atoms with Crippen molar-refractivity contribution in [1.82, 2.24) is 5.32 Å². The molecular formula is C7H12N2. The highest BCUT2D eigenvalue weighted by molar-refractivity contribution is 5.24. The van der Waals surface area contributed by atoms with Gasteiger partial charge in [0.2, 0.25) is 0 Å². The Balaban J connectivity index is 2.83. The summed E-state index contributed by atoms with van der Waals surface area (Å²) in [7, 11) is 0. The van der Waals surface area contributed by atoms with Crippen molar-refractivity contribution in [3.63, 3.8) is 0 Å². The summed E-state index contributed by atoms with van der Waals surface area (Å²) in [5.74, 6) is 0. The van der Waals surface area contributed by atoms with Gasteiger partial charge in [-0.15, -0.1) is 0 Å². The molecule has 9 heavy (non-hydrogen) atoms. The lowest BCUT2D eigenvalue weighted by Crippen LogP contribution is -2.42. The minimum absolute atomic E-state index is 0.0608. The van der Waals surface area contributed by atoms with Crippen molar-refractivity contribution in [1.29, 1.82) is 0 Å². The van der Waals surface area contributed by atoms with Crippen LogP contribution < -0.4 is 11.1 Å². The second-order valence-electron chi connectivity index (χ2n) is 2.75. The summed E-state index contributed by atoms with van der Waals surface area (Å²) in [5.41, 5.74) is 6.48. The van der Waals surface area contributed by atoms with Gasteiger partial charge in [0.25, 0.3) is 0 Å². The van der Waals surface area contributed by atoms with Gasteiger partial charge in [-0.25, -0.2) is 0 Å². The molecule has 2 heteroatoms. The molecule has 0 aromatic heterocycles. The van der Waals surface area contributed by atoms with Gasteiger partial charge in [-0.1, -0.05) is 0 Å². The third-order valence-electron chi connectivity index (χ3n) is 1.54. The van der Waals surface area contributed by atoms with Gasteiger partial charge < -0.3 is 11.1 Å². The van der Waals surface area contributed by atoms with E-state index in [4.69, 9.17) is 5.73 Å². The van der Waals surface area contributed by atoms with Gasteiger partial charge in [-0.05, 0) is 32.2 Å². The highest BCUT2D eigenvalue weighted by Gasteiger charge is 2.19. The van der Waals surface area contributed by atoms with Crippen LogP contribution in [0.15, 0.2) is 24.0 Å². The average molecular weight is 124 g/mol. The lowest BCUT2D eigenvalue weighted by molar-refractivity contribution is 0.508. The number of hydrogen-bond donors (Lipinski definition) is 2. The van der Waals surface area contributed by atoms with E-state index >= 15 is 0 Å². The summed E-state index contributed by atoms with van der Waals surface area (Å²) in [6, 6.07) is 0. The zero-order valence-electron chi connectivity index (χ0n) is 5.81. The Bertz CT molecular complexity index is 166. The fourth-order valence-electron chi connectivity index (χ4n) is 0.700. The van der Waals surface area contributed by atoms with E-state index in [1.807, 2.05) is 32.2 Å². The summed E-state index contributed by atoms with van der Waals surface area (Å²) >= 11 is 0. The quantitative estimate of drug-likeness (QED) is 0.499. The van der Waals surface area contributed by atoms with Gasteiger partial charge in [0.15, 0.2) is 0 Å². The predicted octanol–water partition coefficient (Wildman–Crippen LogP) is 0.725. The maximum atomic E-state index is 5.66. The van der Waals surface area contributed by atoms with Gasteiger partial charge in [0, 0.05) is 5.70 Å². The molecular weight excluding hydrogens is 112 g/mol. The van der Waals surface area contributed by atoms with Crippen LogP contribution in [-0.4, -0.2) is 5.54 Å². The first-order valence-corrected chi connectivity index (χ1v) is 3.03. The van der Waals surface area contributed by atoms with Crippen molar-refractivity contribution in [3.8, 4) is 0 Å². The SMILES string of the molecule is CC1(C)NC=CC=C1N. The molecule has 0 amide bonds. The molecule has 0 saturated heterocycles. The lowest BCUT2D eigenvalue weighted by Gasteiger charge is -2.27. The molecule has 0 fully saturated rings. The Kier molecular flexibility index (Phi) is 1.24. The lowest BCUT2D eigenvalue weighted by atomic mass is 9.99. The Morgan fingerprint density at radius 3 is 2.56 bits per heavy atom. The van der Waals surface area contributed by atoms with Crippen LogP contribution in [0, 0.1) is 0 Å². The highest BCUT2D eigenvalue weighted by Crippen LogP contribution is 2.12. The van der Waals surface area contributed by atoms with Crippen LogP contribution in [0.4, 0.5) is 0 Å². The highest BCUT2D eigenvalue weighted by atomic mass is 15.0. The first kappa shape index (κ1) is 6.20. The second kappa shape index (κ2) is 1.79. The Hall–Kier alpha value is -0.920. The molecule has 0 aromatic rings. The van der Waals surface area contributed by atoms with Crippen LogP contribution in [0.1, 0.15) is 13.8 Å². The van der Waals surface area contributed by atoms with E-state index in [0.717, 1.165) is 5.70 Å². The smallest absolute Gasteiger partial charge is 0.0706 e. The van der Waals surface area contributed by atoms with E-state index in [2.05, 4.69) is 5.32 Å². The van der Waals surface area contributed by atoms with Crippen LogP contribution in [-0.2, 0) is 0 Å². The largest absolute Gasteiger partial charge is 0.400 e. The van der Waals surface area contributed by atoms with Crippen molar-refractivity contribution in [3.05, 3.63) is 24.0 Å². The molecule has 0 bridgehead atoms. The third-order valence-corrected chi connectivity index (χ3v) is 1.54. The molecule has 0 unspecified atom stereocenters. The fraction of sp³-hybridized carbons (Fsp3) is 0.429. The van der Waals surface area contributed by atoms with Crippen molar-refractivity contribution in [2.24, 2.45) is 5.73 Å². The summed E-state index contributed by atoms with van der Waals surface area (Å²) in [4.78, 5) is 0. The summed E-state index contributed by atoms with van der Waals surface area (Å²) in [5, 5.41) is 3.13. The van der Waals surface area contributed by atoms with Gasteiger partial charge in [0.05, 0.1) is 5.54 Å². The zero-order chi connectivity index (χ0) is 6.91. The van der Waals surface area contributed by atoms with E-state index in [0.29, 0.717) is 0 Å². The molecule has 50 valence electrons. The van der Waals surface area contributed by atoms with Gasteiger partial charge >= 0.3 is 0 Å². The van der Waals surface area contributed by atoms with E-state index in [-0.39, 0.29) is 5.54 Å². The van der Waals surface area contributed by atoms with E-state index in [1.165, 1.54) is 0 Å². The molecule has 1 aliphatic heterocycles. The van der Waals surface area contributed by atoms with E-state index in [9.17, 15) is 0 Å². The average Bonchev–Trinajstić information content (AvgIpc) is 1.77. The second-order valence-corrected chi connectivity index (χ2v) is 2.75. The first-order chi connectivity index (χ1) is 4.13. The molecule has 0 saturated carbocycles. The van der Waals surface area contributed by atoms with Gasteiger partial charge in [-0.3, -0.25) is 0 Å². The third kappa shape index (κ3) is 1.07. The van der Waals surface area contributed by atoms with E-state index in [1.54, 1.807) is 0 Å². The molecule has 0 aliphatic carbocycles. The molecule has 1 heterocycles.